The van der Waals surface area contributed by atoms with Gasteiger partial charge in [0.1, 0.15) is 5.01 Å². The Morgan fingerprint density at radius 1 is 1.04 bits per heavy atom. The molecule has 0 aliphatic heterocycles. The summed E-state index contributed by atoms with van der Waals surface area (Å²) in [5.74, 6) is 0.547. The van der Waals surface area contributed by atoms with Crippen LogP contribution in [-0.4, -0.2) is 23.4 Å². The summed E-state index contributed by atoms with van der Waals surface area (Å²) in [6.45, 7) is 2.09. The van der Waals surface area contributed by atoms with Gasteiger partial charge in [-0.2, -0.15) is 0 Å². The molecule has 0 amide bonds. The Balaban J connectivity index is 1.56. The van der Waals surface area contributed by atoms with Crippen LogP contribution in [0.4, 0.5) is 5.69 Å². The van der Waals surface area contributed by atoms with E-state index in [1.54, 1.807) is 35.8 Å². The molecule has 0 atom stereocenters. The lowest BCUT2D eigenvalue weighted by Gasteiger charge is -2.03. The van der Waals surface area contributed by atoms with Crippen molar-refractivity contribution in [1.29, 1.82) is 0 Å². The lowest BCUT2D eigenvalue weighted by atomic mass is 10.2. The molecule has 0 spiro atoms. The number of thiazole rings is 1. The molecule has 4 rings (SSSR count). The number of phenols is 1. The molecule has 134 valence electrons. The van der Waals surface area contributed by atoms with Gasteiger partial charge in [0, 0.05) is 11.8 Å². The van der Waals surface area contributed by atoms with Crippen LogP contribution in [0, 0.1) is 6.92 Å². The van der Waals surface area contributed by atoms with Crippen LogP contribution in [0.3, 0.4) is 0 Å². The highest BCUT2D eigenvalue weighted by Crippen LogP contribution is 2.31. The standard InChI is InChI=1S/C22H18N2O2S/c1-14-3-9-18-21(11-14)27-22(24-18)16-5-7-17(8-6-16)23-13-15-4-10-19(25)20(12-15)26-2/h3-13,25H,1-2H3. The van der Waals surface area contributed by atoms with Crippen molar-refractivity contribution >= 4 is 33.5 Å². The van der Waals surface area contributed by atoms with Gasteiger partial charge >= 0.3 is 0 Å². The molecule has 1 heterocycles. The number of aromatic hydroxyl groups is 1. The van der Waals surface area contributed by atoms with Crippen LogP contribution in [0.5, 0.6) is 11.5 Å². The predicted octanol–water partition coefficient (Wildman–Crippen LogP) is 5.74. The van der Waals surface area contributed by atoms with E-state index in [2.05, 4.69) is 30.1 Å². The summed E-state index contributed by atoms with van der Waals surface area (Å²) in [6.07, 6.45) is 1.75. The Morgan fingerprint density at radius 2 is 1.85 bits per heavy atom. The molecule has 4 aromatic rings. The molecular weight excluding hydrogens is 356 g/mol. The smallest absolute Gasteiger partial charge is 0.161 e. The SMILES string of the molecule is COc1cc(C=Nc2ccc(-c3nc4ccc(C)cc4s3)cc2)ccc1O. The zero-order valence-electron chi connectivity index (χ0n) is 15.0. The molecular formula is C22H18N2O2S. The van der Waals surface area contributed by atoms with Gasteiger partial charge in [-0.25, -0.2) is 4.98 Å². The normalized spacial score (nSPS) is 11.3. The minimum absolute atomic E-state index is 0.116. The van der Waals surface area contributed by atoms with Crippen LogP contribution in [0.1, 0.15) is 11.1 Å². The number of rotatable bonds is 4. The van der Waals surface area contributed by atoms with E-state index >= 15 is 0 Å². The van der Waals surface area contributed by atoms with E-state index in [4.69, 9.17) is 9.72 Å². The highest BCUT2D eigenvalue weighted by atomic mass is 32.1. The maximum Gasteiger partial charge on any atom is 0.161 e. The van der Waals surface area contributed by atoms with E-state index in [0.717, 1.165) is 27.3 Å². The molecule has 4 nitrogen and oxygen atoms in total. The molecule has 0 saturated heterocycles. The number of ether oxygens (including phenoxy) is 1. The first-order valence-corrected chi connectivity index (χ1v) is 9.33. The maximum absolute atomic E-state index is 9.65. The summed E-state index contributed by atoms with van der Waals surface area (Å²) in [5, 5.41) is 10.7. The van der Waals surface area contributed by atoms with Gasteiger partial charge in [-0.3, -0.25) is 4.99 Å². The fraction of sp³-hybridized carbons (Fsp3) is 0.0909. The van der Waals surface area contributed by atoms with Gasteiger partial charge in [-0.15, -0.1) is 11.3 Å². The number of methoxy groups -OCH3 is 1. The maximum atomic E-state index is 9.65. The van der Waals surface area contributed by atoms with Gasteiger partial charge in [-0.05, 0) is 72.6 Å². The molecule has 0 bridgehead atoms. The van der Waals surface area contributed by atoms with E-state index in [0.29, 0.717) is 5.75 Å². The van der Waals surface area contributed by atoms with Crippen LogP contribution in [-0.2, 0) is 0 Å². The van der Waals surface area contributed by atoms with Crippen molar-refractivity contribution in [2.24, 2.45) is 4.99 Å². The zero-order valence-corrected chi connectivity index (χ0v) is 15.8. The van der Waals surface area contributed by atoms with E-state index < -0.39 is 0 Å². The van der Waals surface area contributed by atoms with Gasteiger partial charge in [0.15, 0.2) is 11.5 Å². The molecule has 27 heavy (non-hydrogen) atoms. The van der Waals surface area contributed by atoms with Gasteiger partial charge in [0.05, 0.1) is 23.0 Å². The van der Waals surface area contributed by atoms with Crippen LogP contribution in [0.15, 0.2) is 65.7 Å². The third-order valence-electron chi connectivity index (χ3n) is 4.22. The zero-order chi connectivity index (χ0) is 18.8. The fourth-order valence-electron chi connectivity index (χ4n) is 2.77. The summed E-state index contributed by atoms with van der Waals surface area (Å²) in [4.78, 5) is 9.21. The Labute approximate surface area is 161 Å². The van der Waals surface area contributed by atoms with Crippen molar-refractivity contribution in [2.45, 2.75) is 6.92 Å². The summed E-state index contributed by atoms with van der Waals surface area (Å²) >= 11 is 1.70. The predicted molar refractivity (Wildman–Crippen MR) is 112 cm³/mol. The van der Waals surface area contributed by atoms with Crippen LogP contribution >= 0.6 is 11.3 Å². The molecule has 0 unspecified atom stereocenters. The molecule has 0 radical (unpaired) electrons. The number of aromatic nitrogens is 1. The number of nitrogens with zero attached hydrogens (tertiary/aromatic N) is 2. The van der Waals surface area contributed by atoms with Crippen molar-refractivity contribution in [2.75, 3.05) is 7.11 Å². The molecule has 5 heteroatoms. The molecule has 0 aliphatic rings. The molecule has 0 saturated carbocycles. The van der Waals surface area contributed by atoms with E-state index in [1.165, 1.54) is 17.4 Å². The Morgan fingerprint density at radius 3 is 2.63 bits per heavy atom. The van der Waals surface area contributed by atoms with Gasteiger partial charge in [0.25, 0.3) is 0 Å². The van der Waals surface area contributed by atoms with Gasteiger partial charge in [0.2, 0.25) is 0 Å². The number of benzene rings is 3. The molecule has 0 aliphatic carbocycles. The van der Waals surface area contributed by atoms with E-state index in [-0.39, 0.29) is 5.75 Å². The summed E-state index contributed by atoms with van der Waals surface area (Å²) in [6, 6.07) is 19.5. The average molecular weight is 374 g/mol. The second-order valence-corrected chi connectivity index (χ2v) is 7.26. The quantitative estimate of drug-likeness (QED) is 0.464. The minimum Gasteiger partial charge on any atom is -0.504 e. The first-order chi connectivity index (χ1) is 13.1. The Kier molecular flexibility index (Phi) is 4.60. The summed E-state index contributed by atoms with van der Waals surface area (Å²) in [7, 11) is 1.53. The second kappa shape index (κ2) is 7.21. The average Bonchev–Trinajstić information content (AvgIpc) is 3.11. The van der Waals surface area contributed by atoms with E-state index in [1.807, 2.05) is 24.3 Å². The topological polar surface area (TPSA) is 54.7 Å². The number of hydrogen-bond acceptors (Lipinski definition) is 5. The molecule has 1 N–H and O–H groups in total. The third-order valence-corrected chi connectivity index (χ3v) is 5.29. The van der Waals surface area contributed by atoms with Crippen LogP contribution < -0.4 is 4.74 Å². The molecule has 0 fully saturated rings. The lowest BCUT2D eigenvalue weighted by Crippen LogP contribution is -1.86. The van der Waals surface area contributed by atoms with Crippen LogP contribution in [0.2, 0.25) is 0 Å². The highest BCUT2D eigenvalue weighted by molar-refractivity contribution is 7.21. The molecule has 3 aromatic carbocycles. The first-order valence-electron chi connectivity index (χ1n) is 8.51. The largest absolute Gasteiger partial charge is 0.504 e. The van der Waals surface area contributed by atoms with E-state index in [9.17, 15) is 5.11 Å². The van der Waals surface area contributed by atoms with Crippen molar-refractivity contribution in [1.82, 2.24) is 4.98 Å². The Hall–Kier alpha value is -3.18. The highest BCUT2D eigenvalue weighted by Gasteiger charge is 2.06. The van der Waals surface area contributed by atoms with Crippen molar-refractivity contribution in [3.05, 3.63) is 71.8 Å². The van der Waals surface area contributed by atoms with Gasteiger partial charge < -0.3 is 9.84 Å². The van der Waals surface area contributed by atoms with Gasteiger partial charge in [-0.1, -0.05) is 6.07 Å². The number of phenolic OH excluding ortho intramolecular Hbond substituents is 1. The number of hydrogen-bond donors (Lipinski definition) is 1. The Bertz CT molecular complexity index is 1130. The molecule has 1 aromatic heterocycles. The number of aliphatic imine (C=N–C) groups is 1. The fourth-order valence-corrected chi connectivity index (χ4v) is 3.84. The third kappa shape index (κ3) is 3.68. The van der Waals surface area contributed by atoms with Crippen molar-refractivity contribution < 1.29 is 9.84 Å². The van der Waals surface area contributed by atoms with Crippen LogP contribution in [0.25, 0.3) is 20.8 Å². The lowest BCUT2D eigenvalue weighted by molar-refractivity contribution is 0.373. The first kappa shape index (κ1) is 17.2. The second-order valence-electron chi connectivity index (χ2n) is 6.23. The monoisotopic (exact) mass is 374 g/mol. The summed E-state index contributed by atoms with van der Waals surface area (Å²) in [5.41, 5.74) is 5.06. The minimum atomic E-state index is 0.116. The number of aryl methyl sites for hydroxylation is 1. The summed E-state index contributed by atoms with van der Waals surface area (Å²) < 4.78 is 6.32. The van der Waals surface area contributed by atoms with Crippen molar-refractivity contribution in [3.8, 4) is 22.1 Å². The number of fused-ring (bicyclic) bond motifs is 1. The van der Waals surface area contributed by atoms with Crippen molar-refractivity contribution in [3.63, 3.8) is 0 Å².